The Morgan fingerprint density at radius 1 is 1.78 bits per heavy atom. The minimum Gasteiger partial charge on any atom is -0.756 e. The Kier molecular flexibility index (Phi) is 1.68. The molecule has 1 unspecified atom stereocenters. The summed E-state index contributed by atoms with van der Waals surface area (Å²) in [5, 5.41) is 10.9. The van der Waals surface area contributed by atoms with Crippen LogP contribution in [0.5, 0.6) is 0 Å². The van der Waals surface area contributed by atoms with Crippen LogP contribution in [-0.2, 0) is 4.79 Å². The van der Waals surface area contributed by atoms with Gasteiger partial charge in [0.1, 0.15) is 0 Å². The fourth-order valence-electron chi connectivity index (χ4n) is 0.840. The van der Waals surface area contributed by atoms with E-state index in [1.165, 1.54) is 0 Å². The van der Waals surface area contributed by atoms with Crippen LogP contribution >= 0.6 is 0 Å². The normalized spacial score (nSPS) is 28.9. The van der Waals surface area contributed by atoms with Gasteiger partial charge in [-0.1, -0.05) is 0 Å². The van der Waals surface area contributed by atoms with Gasteiger partial charge in [-0.25, -0.2) is 0 Å². The lowest BCUT2D eigenvalue weighted by molar-refractivity contribution is -0.130. The van der Waals surface area contributed by atoms with Crippen molar-refractivity contribution in [3.63, 3.8) is 0 Å². The van der Waals surface area contributed by atoms with Crippen LogP contribution in [0.15, 0.2) is 0 Å². The van der Waals surface area contributed by atoms with Gasteiger partial charge in [0.15, 0.2) is 0 Å². The molecular weight excluding hydrogens is 120 g/mol. The fraction of sp³-hybridized carbons (Fsp3) is 0.800. The molecule has 1 aliphatic rings. The monoisotopic (exact) mass is 129 g/mol. The van der Waals surface area contributed by atoms with Crippen molar-refractivity contribution in [3.05, 3.63) is 5.21 Å². The van der Waals surface area contributed by atoms with Gasteiger partial charge in [-0.05, 0) is 6.42 Å². The number of amides is 1. The Labute approximate surface area is 53.2 Å². The molecule has 1 rings (SSSR count). The number of carbonyl (C=O) groups is 1. The van der Waals surface area contributed by atoms with Gasteiger partial charge in [0.25, 0.3) is 0 Å². The van der Waals surface area contributed by atoms with Crippen molar-refractivity contribution in [1.29, 1.82) is 0 Å². The Bertz CT molecular complexity index is 126. The molecule has 0 aromatic heterocycles. The molecule has 0 aliphatic carbocycles. The summed E-state index contributed by atoms with van der Waals surface area (Å²) in [5.41, 5.74) is 5.39. The molecule has 0 spiro atoms. The maximum Gasteiger partial charge on any atom is 0.212 e. The van der Waals surface area contributed by atoms with E-state index in [1.807, 2.05) is 0 Å². The lowest BCUT2D eigenvalue weighted by Crippen LogP contribution is -2.42. The number of carbonyl (C=O) groups excluding carboxylic acids is 1. The molecule has 9 heavy (non-hydrogen) atoms. The van der Waals surface area contributed by atoms with Crippen molar-refractivity contribution in [1.82, 2.24) is 5.06 Å². The second-order valence-corrected chi connectivity index (χ2v) is 2.25. The van der Waals surface area contributed by atoms with Crippen LogP contribution in [0.25, 0.3) is 0 Å². The molecule has 1 fully saturated rings. The minimum absolute atomic E-state index is 0.111. The molecule has 4 heteroatoms. The molecule has 0 radical (unpaired) electrons. The summed E-state index contributed by atoms with van der Waals surface area (Å²) in [6, 6.07) is -0.111. The van der Waals surface area contributed by atoms with Crippen molar-refractivity contribution < 1.29 is 4.79 Å². The number of hydrogen-bond donors (Lipinski definition) is 1. The van der Waals surface area contributed by atoms with Crippen LogP contribution in [0, 0.1) is 5.21 Å². The standard InChI is InChI=1S/C5H9N2O2/c6-4-1-2-5(8)7(9)3-4/h4H,1-3,6H2/q-1. The zero-order valence-electron chi connectivity index (χ0n) is 5.04. The van der Waals surface area contributed by atoms with Gasteiger partial charge < -0.3 is 16.0 Å². The van der Waals surface area contributed by atoms with E-state index in [0.29, 0.717) is 17.9 Å². The number of nitrogens with two attached hydrogens (primary N) is 1. The van der Waals surface area contributed by atoms with E-state index in [1.54, 1.807) is 0 Å². The van der Waals surface area contributed by atoms with E-state index >= 15 is 0 Å². The van der Waals surface area contributed by atoms with Crippen molar-refractivity contribution in [2.24, 2.45) is 5.73 Å². The average molecular weight is 129 g/mol. The molecule has 0 saturated carbocycles. The third-order valence-electron chi connectivity index (χ3n) is 1.41. The highest BCUT2D eigenvalue weighted by Gasteiger charge is 2.15. The van der Waals surface area contributed by atoms with E-state index in [4.69, 9.17) is 5.73 Å². The van der Waals surface area contributed by atoms with Gasteiger partial charge >= 0.3 is 0 Å². The Hall–Kier alpha value is -0.610. The molecule has 4 nitrogen and oxygen atoms in total. The fourth-order valence-corrected chi connectivity index (χ4v) is 0.840. The van der Waals surface area contributed by atoms with E-state index in [9.17, 15) is 10.0 Å². The van der Waals surface area contributed by atoms with Gasteiger partial charge in [-0.3, -0.25) is 4.79 Å². The lowest BCUT2D eigenvalue weighted by Gasteiger charge is -2.35. The summed E-state index contributed by atoms with van der Waals surface area (Å²) in [6.45, 7) is 0.166. The van der Waals surface area contributed by atoms with Crippen LogP contribution < -0.4 is 5.73 Å². The van der Waals surface area contributed by atoms with Gasteiger partial charge in [0.2, 0.25) is 5.91 Å². The summed E-state index contributed by atoms with van der Waals surface area (Å²) in [7, 11) is 0. The Morgan fingerprint density at radius 3 is 2.89 bits per heavy atom. The number of hydrogen-bond acceptors (Lipinski definition) is 3. The van der Waals surface area contributed by atoms with E-state index < -0.39 is 0 Å². The second kappa shape index (κ2) is 2.33. The van der Waals surface area contributed by atoms with Crippen LogP contribution in [0.1, 0.15) is 12.8 Å². The largest absolute Gasteiger partial charge is 0.756 e. The first-order chi connectivity index (χ1) is 4.20. The highest BCUT2D eigenvalue weighted by atomic mass is 16.5. The van der Waals surface area contributed by atoms with E-state index in [-0.39, 0.29) is 18.5 Å². The molecule has 1 aliphatic heterocycles. The zero-order chi connectivity index (χ0) is 6.85. The smallest absolute Gasteiger partial charge is 0.212 e. The third kappa shape index (κ3) is 1.40. The maximum atomic E-state index is 10.5. The van der Waals surface area contributed by atoms with Gasteiger partial charge in [-0.2, -0.15) is 0 Å². The first-order valence-electron chi connectivity index (χ1n) is 2.93. The summed E-state index contributed by atoms with van der Waals surface area (Å²) < 4.78 is 0. The van der Waals surface area contributed by atoms with Crippen molar-refractivity contribution in [3.8, 4) is 0 Å². The molecular formula is C5H9N2O2-. The highest BCUT2D eigenvalue weighted by molar-refractivity contribution is 5.77. The van der Waals surface area contributed by atoms with Crippen molar-refractivity contribution >= 4 is 5.91 Å². The molecule has 2 N–H and O–H groups in total. The van der Waals surface area contributed by atoms with E-state index in [0.717, 1.165) is 0 Å². The Morgan fingerprint density at radius 2 is 2.44 bits per heavy atom. The highest BCUT2D eigenvalue weighted by Crippen LogP contribution is 2.07. The number of hydroxylamine groups is 2. The summed E-state index contributed by atoms with van der Waals surface area (Å²) in [6.07, 6.45) is 0.961. The van der Waals surface area contributed by atoms with Gasteiger partial charge in [-0.15, -0.1) is 0 Å². The zero-order valence-corrected chi connectivity index (χ0v) is 5.04. The first-order valence-corrected chi connectivity index (χ1v) is 2.93. The molecule has 0 aromatic rings. The third-order valence-corrected chi connectivity index (χ3v) is 1.41. The summed E-state index contributed by atoms with van der Waals surface area (Å²) >= 11 is 0. The van der Waals surface area contributed by atoms with Crippen LogP contribution in [0.4, 0.5) is 0 Å². The van der Waals surface area contributed by atoms with E-state index in [2.05, 4.69) is 0 Å². The molecule has 0 aromatic carbocycles. The van der Waals surface area contributed by atoms with Crippen molar-refractivity contribution in [2.45, 2.75) is 18.9 Å². The SMILES string of the molecule is NC1CCC(=O)N([O-])C1. The molecule has 0 bridgehead atoms. The lowest BCUT2D eigenvalue weighted by atomic mass is 10.1. The summed E-state index contributed by atoms with van der Waals surface area (Å²) in [4.78, 5) is 10.5. The van der Waals surface area contributed by atoms with Crippen LogP contribution in [0.3, 0.4) is 0 Å². The summed E-state index contributed by atoms with van der Waals surface area (Å²) in [5.74, 6) is -0.336. The number of piperidine rings is 1. The molecule has 1 saturated heterocycles. The van der Waals surface area contributed by atoms with Crippen LogP contribution in [-0.4, -0.2) is 23.6 Å². The predicted molar refractivity (Wildman–Crippen MR) is 32.3 cm³/mol. The van der Waals surface area contributed by atoms with Gasteiger partial charge in [0, 0.05) is 19.0 Å². The molecule has 1 atom stereocenters. The minimum atomic E-state index is -0.336. The first kappa shape index (κ1) is 6.51. The maximum absolute atomic E-state index is 10.5. The van der Waals surface area contributed by atoms with Crippen molar-refractivity contribution in [2.75, 3.05) is 6.54 Å². The molecule has 52 valence electrons. The quantitative estimate of drug-likeness (QED) is 0.476. The molecule has 1 amide bonds. The van der Waals surface area contributed by atoms with Gasteiger partial charge in [0.05, 0.1) is 0 Å². The second-order valence-electron chi connectivity index (χ2n) is 2.25. The predicted octanol–water partition coefficient (Wildman–Crippen LogP) is -0.566. The number of nitrogens with zero attached hydrogens (tertiary/aromatic N) is 1. The van der Waals surface area contributed by atoms with Crippen LogP contribution in [0.2, 0.25) is 0 Å². The molecule has 1 heterocycles. The topological polar surface area (TPSA) is 69.4 Å². The average Bonchev–Trinajstić information content (AvgIpc) is 1.80. The Balaban J connectivity index is 2.44. The number of rotatable bonds is 0.